The molecule has 0 fully saturated rings. The van der Waals surface area contributed by atoms with Crippen molar-refractivity contribution in [3.63, 3.8) is 0 Å². The first kappa shape index (κ1) is 16.7. The lowest BCUT2D eigenvalue weighted by Crippen LogP contribution is -2.20. The SMILES string of the molecule is O=C(Nc1ccccc1)c1ccccc1S(=O)(=O)Nc1ccccc1. The highest BCUT2D eigenvalue weighted by Gasteiger charge is 2.22. The van der Waals surface area contributed by atoms with Gasteiger partial charge in [-0.05, 0) is 36.4 Å². The second-order valence-corrected chi connectivity index (χ2v) is 6.94. The molecule has 0 unspecified atom stereocenters. The number of carbonyl (C=O) groups is 1. The number of hydrogen-bond donors (Lipinski definition) is 2. The van der Waals surface area contributed by atoms with Gasteiger partial charge in [-0.2, -0.15) is 0 Å². The molecule has 1 amide bonds. The lowest BCUT2D eigenvalue weighted by Gasteiger charge is -2.12. The second-order valence-electron chi connectivity index (χ2n) is 5.29. The predicted molar refractivity (Wildman–Crippen MR) is 98.1 cm³/mol. The standard InChI is InChI=1S/C19H16N2O3S/c22-19(20-15-9-3-1-4-10-15)17-13-7-8-14-18(17)25(23,24)21-16-11-5-2-6-12-16/h1-14,21H,(H,20,22). The Balaban J connectivity index is 1.91. The number of anilines is 2. The van der Waals surface area contributed by atoms with Gasteiger partial charge in [0, 0.05) is 11.4 Å². The first-order valence-electron chi connectivity index (χ1n) is 7.59. The number of sulfonamides is 1. The maximum Gasteiger partial charge on any atom is 0.262 e. The van der Waals surface area contributed by atoms with Crippen LogP contribution in [0.25, 0.3) is 0 Å². The van der Waals surface area contributed by atoms with E-state index in [4.69, 9.17) is 0 Å². The molecular formula is C19H16N2O3S. The van der Waals surface area contributed by atoms with Crippen LogP contribution in [0.1, 0.15) is 10.4 Å². The van der Waals surface area contributed by atoms with Crippen LogP contribution in [0.15, 0.2) is 89.8 Å². The summed E-state index contributed by atoms with van der Waals surface area (Å²) >= 11 is 0. The largest absolute Gasteiger partial charge is 0.322 e. The van der Waals surface area contributed by atoms with Gasteiger partial charge in [0.1, 0.15) is 4.90 Å². The predicted octanol–water partition coefficient (Wildman–Crippen LogP) is 3.74. The fourth-order valence-corrected chi connectivity index (χ4v) is 3.59. The maximum absolute atomic E-state index is 12.7. The van der Waals surface area contributed by atoms with Gasteiger partial charge in [-0.15, -0.1) is 0 Å². The van der Waals surface area contributed by atoms with E-state index in [9.17, 15) is 13.2 Å². The van der Waals surface area contributed by atoms with Gasteiger partial charge in [0.2, 0.25) is 0 Å². The van der Waals surface area contributed by atoms with E-state index in [0.29, 0.717) is 11.4 Å². The van der Waals surface area contributed by atoms with Crippen LogP contribution in [0.4, 0.5) is 11.4 Å². The molecule has 25 heavy (non-hydrogen) atoms. The van der Waals surface area contributed by atoms with Crippen LogP contribution < -0.4 is 10.0 Å². The molecule has 0 aliphatic rings. The van der Waals surface area contributed by atoms with Crippen molar-refractivity contribution in [2.24, 2.45) is 0 Å². The lowest BCUT2D eigenvalue weighted by atomic mass is 10.2. The summed E-state index contributed by atoms with van der Waals surface area (Å²) in [6.07, 6.45) is 0. The maximum atomic E-state index is 12.7. The lowest BCUT2D eigenvalue weighted by molar-refractivity contribution is 0.102. The molecule has 0 spiro atoms. The van der Waals surface area contributed by atoms with E-state index in [-0.39, 0.29) is 10.5 Å². The van der Waals surface area contributed by atoms with Gasteiger partial charge in [-0.1, -0.05) is 48.5 Å². The van der Waals surface area contributed by atoms with E-state index in [0.717, 1.165) is 0 Å². The number of para-hydroxylation sites is 2. The molecule has 0 atom stereocenters. The molecule has 0 heterocycles. The van der Waals surface area contributed by atoms with Crippen LogP contribution in [0.5, 0.6) is 0 Å². The van der Waals surface area contributed by atoms with E-state index in [1.165, 1.54) is 12.1 Å². The Kier molecular flexibility index (Phi) is 4.81. The van der Waals surface area contributed by atoms with Gasteiger partial charge in [-0.25, -0.2) is 8.42 Å². The van der Waals surface area contributed by atoms with E-state index >= 15 is 0 Å². The minimum atomic E-state index is -3.89. The van der Waals surface area contributed by atoms with Crippen LogP contribution in [0, 0.1) is 0 Å². The van der Waals surface area contributed by atoms with E-state index in [1.54, 1.807) is 66.7 Å². The number of benzene rings is 3. The van der Waals surface area contributed by atoms with Gasteiger partial charge in [0.05, 0.1) is 5.56 Å². The zero-order valence-corrected chi connectivity index (χ0v) is 14.0. The average molecular weight is 352 g/mol. The Bertz CT molecular complexity index is 972. The minimum absolute atomic E-state index is 0.0766. The van der Waals surface area contributed by atoms with Crippen molar-refractivity contribution in [2.75, 3.05) is 10.0 Å². The molecule has 0 saturated carbocycles. The molecule has 126 valence electrons. The van der Waals surface area contributed by atoms with Crippen LogP contribution in [-0.4, -0.2) is 14.3 Å². The van der Waals surface area contributed by atoms with Crippen molar-refractivity contribution in [1.29, 1.82) is 0 Å². The summed E-state index contributed by atoms with van der Waals surface area (Å²) in [4.78, 5) is 12.5. The summed E-state index contributed by atoms with van der Waals surface area (Å²) in [5, 5.41) is 2.70. The van der Waals surface area contributed by atoms with Crippen LogP contribution in [-0.2, 0) is 10.0 Å². The van der Waals surface area contributed by atoms with Crippen LogP contribution in [0.3, 0.4) is 0 Å². The number of amides is 1. The molecule has 0 radical (unpaired) electrons. The fraction of sp³-hybridized carbons (Fsp3) is 0. The van der Waals surface area contributed by atoms with Gasteiger partial charge in [0.25, 0.3) is 15.9 Å². The molecule has 5 nitrogen and oxygen atoms in total. The average Bonchev–Trinajstić information content (AvgIpc) is 2.63. The zero-order chi connectivity index (χ0) is 17.7. The number of hydrogen-bond acceptors (Lipinski definition) is 3. The first-order valence-corrected chi connectivity index (χ1v) is 9.08. The van der Waals surface area contributed by atoms with E-state index < -0.39 is 15.9 Å². The molecule has 0 aliphatic heterocycles. The van der Waals surface area contributed by atoms with Gasteiger partial charge >= 0.3 is 0 Å². The van der Waals surface area contributed by atoms with Crippen molar-refractivity contribution in [3.8, 4) is 0 Å². The number of nitrogens with one attached hydrogen (secondary N) is 2. The van der Waals surface area contributed by atoms with Gasteiger partial charge in [-0.3, -0.25) is 9.52 Å². The third-order valence-corrected chi connectivity index (χ3v) is 4.92. The molecule has 0 aromatic heterocycles. The molecule has 3 aromatic carbocycles. The van der Waals surface area contributed by atoms with Crippen molar-refractivity contribution < 1.29 is 13.2 Å². The van der Waals surface area contributed by atoms with E-state index in [2.05, 4.69) is 10.0 Å². The monoisotopic (exact) mass is 352 g/mol. The topological polar surface area (TPSA) is 75.3 Å². The summed E-state index contributed by atoms with van der Waals surface area (Å²) in [7, 11) is -3.89. The van der Waals surface area contributed by atoms with Gasteiger partial charge in [0.15, 0.2) is 0 Å². The van der Waals surface area contributed by atoms with Crippen molar-refractivity contribution in [2.45, 2.75) is 4.90 Å². The van der Waals surface area contributed by atoms with Crippen molar-refractivity contribution in [1.82, 2.24) is 0 Å². The molecule has 3 aromatic rings. The molecule has 3 rings (SSSR count). The van der Waals surface area contributed by atoms with Crippen molar-refractivity contribution >= 4 is 27.3 Å². The number of carbonyl (C=O) groups excluding carboxylic acids is 1. The zero-order valence-electron chi connectivity index (χ0n) is 13.2. The Morgan fingerprint density at radius 3 is 1.84 bits per heavy atom. The highest BCUT2D eigenvalue weighted by Crippen LogP contribution is 2.20. The summed E-state index contributed by atoms with van der Waals surface area (Å²) in [6.45, 7) is 0. The highest BCUT2D eigenvalue weighted by molar-refractivity contribution is 7.92. The highest BCUT2D eigenvalue weighted by atomic mass is 32.2. The molecule has 0 bridgehead atoms. The summed E-state index contributed by atoms with van der Waals surface area (Å²) in [5.74, 6) is -0.486. The molecule has 6 heteroatoms. The number of rotatable bonds is 5. The fourth-order valence-electron chi connectivity index (χ4n) is 2.32. The second kappa shape index (κ2) is 7.19. The Hall–Kier alpha value is -3.12. The third-order valence-electron chi connectivity index (χ3n) is 3.48. The van der Waals surface area contributed by atoms with E-state index in [1.807, 2.05) is 6.07 Å². The quantitative estimate of drug-likeness (QED) is 0.734. The Labute approximate surface area is 146 Å². The van der Waals surface area contributed by atoms with Crippen LogP contribution in [0.2, 0.25) is 0 Å². The molecule has 2 N–H and O–H groups in total. The molecular weight excluding hydrogens is 336 g/mol. The van der Waals surface area contributed by atoms with Crippen LogP contribution >= 0.6 is 0 Å². The Morgan fingerprint density at radius 1 is 0.680 bits per heavy atom. The third kappa shape index (κ3) is 4.05. The summed E-state index contributed by atoms with van der Waals surface area (Å²) in [6, 6.07) is 23.5. The molecule has 0 aliphatic carbocycles. The Morgan fingerprint density at radius 2 is 1.20 bits per heavy atom. The van der Waals surface area contributed by atoms with Gasteiger partial charge < -0.3 is 5.32 Å². The smallest absolute Gasteiger partial charge is 0.262 e. The summed E-state index contributed by atoms with van der Waals surface area (Å²) in [5.41, 5.74) is 1.10. The molecule has 0 saturated heterocycles. The summed E-state index contributed by atoms with van der Waals surface area (Å²) < 4.78 is 27.9. The normalized spacial score (nSPS) is 10.9. The minimum Gasteiger partial charge on any atom is -0.322 e. The van der Waals surface area contributed by atoms with Crippen molar-refractivity contribution in [3.05, 3.63) is 90.5 Å². The first-order chi connectivity index (χ1) is 12.1.